The van der Waals surface area contributed by atoms with Crippen molar-refractivity contribution in [2.24, 2.45) is 0 Å². The Hall–Kier alpha value is -2.74. The topological polar surface area (TPSA) is 84.7 Å². The highest BCUT2D eigenvalue weighted by atomic mass is 19.1. The molecule has 0 aliphatic carbocycles. The molecule has 1 aliphatic heterocycles. The summed E-state index contributed by atoms with van der Waals surface area (Å²) in [6, 6.07) is 5.86. The number of carbonyl (C=O) groups is 2. The smallest absolute Gasteiger partial charge is 0.334 e. The molecular formula is C18H20FN3O4. The fourth-order valence-electron chi connectivity index (χ4n) is 3.02. The van der Waals surface area contributed by atoms with Crippen LogP contribution < -0.4 is 0 Å². The van der Waals surface area contributed by atoms with E-state index in [4.69, 9.17) is 9.84 Å². The highest BCUT2D eigenvalue weighted by Gasteiger charge is 2.32. The lowest BCUT2D eigenvalue weighted by atomic mass is 10.0. The fraction of sp³-hybridized carbons (Fsp3) is 0.389. The summed E-state index contributed by atoms with van der Waals surface area (Å²) in [5.74, 6) is -1.74. The number of benzene rings is 1. The molecule has 0 radical (unpaired) electrons. The molecule has 2 aromatic rings. The van der Waals surface area contributed by atoms with Gasteiger partial charge in [-0.2, -0.15) is 5.10 Å². The second-order valence-corrected chi connectivity index (χ2v) is 6.44. The second kappa shape index (κ2) is 7.25. The minimum atomic E-state index is -1.09. The quantitative estimate of drug-likeness (QED) is 0.901. The zero-order valence-electron chi connectivity index (χ0n) is 14.6. The molecule has 0 bridgehead atoms. The van der Waals surface area contributed by atoms with Crippen LogP contribution in [0.25, 0.3) is 5.69 Å². The van der Waals surface area contributed by atoms with Crippen LogP contribution in [-0.4, -0.2) is 57.5 Å². The van der Waals surface area contributed by atoms with Gasteiger partial charge in [0.2, 0.25) is 0 Å². The average Bonchev–Trinajstić information content (AvgIpc) is 3.07. The van der Waals surface area contributed by atoms with Crippen LogP contribution in [0.5, 0.6) is 0 Å². The molecule has 1 aromatic carbocycles. The summed E-state index contributed by atoms with van der Waals surface area (Å²) < 4.78 is 20.0. The van der Waals surface area contributed by atoms with Crippen LogP contribution in [0.1, 0.15) is 35.8 Å². The number of carboxylic acid groups (broad SMARTS) is 1. The van der Waals surface area contributed by atoms with Crippen molar-refractivity contribution in [3.05, 3.63) is 47.5 Å². The lowest BCUT2D eigenvalue weighted by Crippen LogP contribution is -2.48. The molecule has 0 spiro atoms. The average molecular weight is 361 g/mol. The van der Waals surface area contributed by atoms with E-state index in [9.17, 15) is 14.0 Å². The summed E-state index contributed by atoms with van der Waals surface area (Å²) in [6.07, 6.45) is 0.453. The van der Waals surface area contributed by atoms with Crippen LogP contribution in [0, 0.1) is 5.82 Å². The molecular weight excluding hydrogens is 341 g/mol. The van der Waals surface area contributed by atoms with Gasteiger partial charge < -0.3 is 14.7 Å². The summed E-state index contributed by atoms with van der Waals surface area (Å²) in [5.41, 5.74) is 1.76. The van der Waals surface area contributed by atoms with Gasteiger partial charge in [-0.15, -0.1) is 0 Å². The van der Waals surface area contributed by atoms with E-state index in [0.717, 1.165) is 0 Å². The Kier molecular flexibility index (Phi) is 5.03. The summed E-state index contributed by atoms with van der Waals surface area (Å²) in [4.78, 5) is 25.6. The van der Waals surface area contributed by atoms with E-state index < -0.39 is 12.1 Å². The lowest BCUT2D eigenvalue weighted by Gasteiger charge is -2.31. The van der Waals surface area contributed by atoms with Gasteiger partial charge in [0.1, 0.15) is 5.82 Å². The summed E-state index contributed by atoms with van der Waals surface area (Å²) in [6.45, 7) is 4.36. The van der Waals surface area contributed by atoms with E-state index in [2.05, 4.69) is 5.10 Å². The van der Waals surface area contributed by atoms with Crippen LogP contribution in [0.3, 0.4) is 0 Å². The minimum absolute atomic E-state index is 0.00652. The van der Waals surface area contributed by atoms with Gasteiger partial charge in [0.15, 0.2) is 6.10 Å². The molecule has 1 amide bonds. The number of aromatic nitrogens is 2. The van der Waals surface area contributed by atoms with Crippen LogP contribution in [-0.2, 0) is 9.53 Å². The number of ether oxygens (including phenoxy) is 1. The maximum Gasteiger partial charge on any atom is 0.334 e. The Morgan fingerprint density at radius 3 is 2.62 bits per heavy atom. The molecule has 138 valence electrons. The first kappa shape index (κ1) is 18.1. The maximum absolute atomic E-state index is 13.2. The predicted molar refractivity (Wildman–Crippen MR) is 90.9 cm³/mol. The standard InChI is InChI=1S/C18H20FN3O4/c1-11(2)16-14(9-20-22(16)13-5-3-12(19)4-6-13)17(23)21-7-8-26-15(10-21)18(24)25/h3-6,9,11,15H,7-8,10H2,1-2H3,(H,24,25). The van der Waals surface area contributed by atoms with Crippen molar-refractivity contribution in [2.75, 3.05) is 19.7 Å². The van der Waals surface area contributed by atoms with Gasteiger partial charge in [-0.25, -0.2) is 13.9 Å². The molecule has 2 heterocycles. The zero-order valence-corrected chi connectivity index (χ0v) is 14.6. The zero-order chi connectivity index (χ0) is 18.8. The minimum Gasteiger partial charge on any atom is -0.479 e. The first-order chi connectivity index (χ1) is 12.4. The number of rotatable bonds is 4. The Balaban J connectivity index is 1.93. The van der Waals surface area contributed by atoms with Crippen molar-refractivity contribution in [1.82, 2.24) is 14.7 Å². The van der Waals surface area contributed by atoms with E-state index in [0.29, 0.717) is 23.5 Å². The van der Waals surface area contributed by atoms with Crippen molar-refractivity contribution < 1.29 is 23.8 Å². The van der Waals surface area contributed by atoms with Gasteiger partial charge in [-0.05, 0) is 30.2 Å². The fourth-order valence-corrected chi connectivity index (χ4v) is 3.02. The Labute approximate surface area is 150 Å². The van der Waals surface area contributed by atoms with E-state index in [-0.39, 0.29) is 30.8 Å². The number of aliphatic carboxylic acids is 1. The Morgan fingerprint density at radius 2 is 2.00 bits per heavy atom. The molecule has 7 nitrogen and oxygen atoms in total. The molecule has 8 heteroatoms. The van der Waals surface area contributed by atoms with Crippen LogP contribution in [0.15, 0.2) is 30.5 Å². The lowest BCUT2D eigenvalue weighted by molar-refractivity contribution is -0.154. The highest BCUT2D eigenvalue weighted by Crippen LogP contribution is 2.25. The third-order valence-electron chi connectivity index (χ3n) is 4.28. The molecule has 1 aromatic heterocycles. The largest absolute Gasteiger partial charge is 0.479 e. The van der Waals surface area contributed by atoms with E-state index in [1.165, 1.54) is 23.2 Å². The second-order valence-electron chi connectivity index (χ2n) is 6.44. The van der Waals surface area contributed by atoms with Crippen LogP contribution in [0.2, 0.25) is 0 Å². The number of nitrogens with zero attached hydrogens (tertiary/aromatic N) is 3. The summed E-state index contributed by atoms with van der Waals surface area (Å²) in [5, 5.41) is 13.4. The predicted octanol–water partition coefficient (Wildman–Crippen LogP) is 2.06. The maximum atomic E-state index is 13.2. The number of amides is 1. The molecule has 1 aliphatic rings. The van der Waals surface area contributed by atoms with E-state index in [1.807, 2.05) is 13.8 Å². The third-order valence-corrected chi connectivity index (χ3v) is 4.28. The van der Waals surface area contributed by atoms with Gasteiger partial charge in [0, 0.05) is 6.54 Å². The molecule has 26 heavy (non-hydrogen) atoms. The number of halogens is 1. The van der Waals surface area contributed by atoms with Crippen molar-refractivity contribution in [3.63, 3.8) is 0 Å². The van der Waals surface area contributed by atoms with Crippen LogP contribution >= 0.6 is 0 Å². The summed E-state index contributed by atoms with van der Waals surface area (Å²) >= 11 is 0. The number of hydrogen-bond acceptors (Lipinski definition) is 4. The molecule has 1 atom stereocenters. The van der Waals surface area contributed by atoms with E-state index >= 15 is 0 Å². The van der Waals surface area contributed by atoms with Crippen molar-refractivity contribution in [2.45, 2.75) is 25.9 Å². The molecule has 1 saturated heterocycles. The molecule has 3 rings (SSSR count). The van der Waals surface area contributed by atoms with Crippen molar-refractivity contribution >= 4 is 11.9 Å². The van der Waals surface area contributed by atoms with Crippen LogP contribution in [0.4, 0.5) is 4.39 Å². The van der Waals surface area contributed by atoms with Crippen molar-refractivity contribution in [3.8, 4) is 5.69 Å². The SMILES string of the molecule is CC(C)c1c(C(=O)N2CCOC(C(=O)O)C2)cnn1-c1ccc(F)cc1. The highest BCUT2D eigenvalue weighted by molar-refractivity contribution is 5.96. The third kappa shape index (κ3) is 3.45. The van der Waals surface area contributed by atoms with Gasteiger partial charge in [0.25, 0.3) is 5.91 Å². The number of carbonyl (C=O) groups excluding carboxylic acids is 1. The number of carboxylic acids is 1. The summed E-state index contributed by atoms with van der Waals surface area (Å²) in [7, 11) is 0. The molecule has 1 unspecified atom stereocenters. The molecule has 0 saturated carbocycles. The first-order valence-corrected chi connectivity index (χ1v) is 8.36. The van der Waals surface area contributed by atoms with E-state index in [1.54, 1.807) is 16.8 Å². The first-order valence-electron chi connectivity index (χ1n) is 8.36. The van der Waals surface area contributed by atoms with Gasteiger partial charge in [-0.1, -0.05) is 13.8 Å². The monoisotopic (exact) mass is 361 g/mol. The molecule has 1 fully saturated rings. The number of hydrogen-bond donors (Lipinski definition) is 1. The number of morpholine rings is 1. The molecule has 1 N–H and O–H groups in total. The normalized spacial score (nSPS) is 17.5. The Morgan fingerprint density at radius 1 is 1.31 bits per heavy atom. The Bertz CT molecular complexity index is 816. The van der Waals surface area contributed by atoms with Gasteiger partial charge in [0.05, 0.1) is 36.3 Å². The van der Waals surface area contributed by atoms with Gasteiger partial charge in [-0.3, -0.25) is 4.79 Å². The van der Waals surface area contributed by atoms with Gasteiger partial charge >= 0.3 is 5.97 Å². The van der Waals surface area contributed by atoms with Crippen molar-refractivity contribution in [1.29, 1.82) is 0 Å².